The largest absolute Gasteiger partial charge is 0.378 e. The van der Waals surface area contributed by atoms with Crippen LogP contribution in [-0.2, 0) is 11.2 Å². The lowest BCUT2D eigenvalue weighted by Crippen LogP contribution is -2.38. The zero-order valence-electron chi connectivity index (χ0n) is 13.1. The van der Waals surface area contributed by atoms with Gasteiger partial charge < -0.3 is 15.4 Å². The summed E-state index contributed by atoms with van der Waals surface area (Å²) < 4.78 is 18.9. The average molecular weight is 308 g/mol. The number of nitrogens with one attached hydrogen (secondary N) is 2. The number of rotatable bonds is 6. The van der Waals surface area contributed by atoms with Crippen LogP contribution in [0.3, 0.4) is 0 Å². The van der Waals surface area contributed by atoms with Gasteiger partial charge in [0.1, 0.15) is 5.82 Å². The molecule has 1 fully saturated rings. The summed E-state index contributed by atoms with van der Waals surface area (Å²) in [5.74, 6) is 0.404. The molecule has 1 aromatic rings. The Balaban J connectivity index is 1.57. The van der Waals surface area contributed by atoms with Crippen molar-refractivity contribution in [3.63, 3.8) is 0 Å². The first-order valence-electron chi connectivity index (χ1n) is 8.02. The molecule has 2 rings (SSSR count). The van der Waals surface area contributed by atoms with Crippen molar-refractivity contribution in [3.05, 3.63) is 35.6 Å². The number of benzene rings is 1. The van der Waals surface area contributed by atoms with Crippen molar-refractivity contribution in [1.29, 1.82) is 0 Å². The van der Waals surface area contributed by atoms with Gasteiger partial charge in [0.25, 0.3) is 0 Å². The second-order valence-electron chi connectivity index (χ2n) is 5.88. The highest BCUT2D eigenvalue weighted by Crippen LogP contribution is 2.22. The molecule has 2 amide bonds. The minimum atomic E-state index is -0.224. The maximum Gasteiger partial charge on any atom is 0.314 e. The first-order valence-corrected chi connectivity index (χ1v) is 8.02. The van der Waals surface area contributed by atoms with E-state index in [2.05, 4.69) is 17.6 Å². The molecule has 0 saturated carbocycles. The summed E-state index contributed by atoms with van der Waals surface area (Å²) in [5.41, 5.74) is 0.624. The molecule has 2 N–H and O–H groups in total. The smallest absolute Gasteiger partial charge is 0.314 e. The molecule has 1 heterocycles. The van der Waals surface area contributed by atoms with Gasteiger partial charge in [0.15, 0.2) is 0 Å². The van der Waals surface area contributed by atoms with Crippen molar-refractivity contribution in [2.24, 2.45) is 5.92 Å². The fraction of sp³-hybridized carbons (Fsp3) is 0.588. The van der Waals surface area contributed by atoms with Crippen LogP contribution in [-0.4, -0.2) is 31.8 Å². The third-order valence-electron chi connectivity index (χ3n) is 4.07. The summed E-state index contributed by atoms with van der Waals surface area (Å²) in [6, 6.07) is 6.45. The Morgan fingerprint density at radius 1 is 1.32 bits per heavy atom. The Bertz CT molecular complexity index is 481. The summed E-state index contributed by atoms with van der Waals surface area (Å²) in [6.07, 6.45) is 3.94. The highest BCUT2D eigenvalue weighted by molar-refractivity contribution is 5.73. The molecule has 2 atom stereocenters. The van der Waals surface area contributed by atoms with E-state index >= 15 is 0 Å². The lowest BCUT2D eigenvalue weighted by atomic mass is 9.93. The van der Waals surface area contributed by atoms with E-state index in [1.807, 2.05) is 0 Å². The van der Waals surface area contributed by atoms with Crippen molar-refractivity contribution in [2.45, 2.75) is 38.7 Å². The maximum absolute atomic E-state index is 13.4. The standard InChI is InChI=1S/C17H25FN2O2/c1-13-12-14(8-11-22-13)6-9-19-17(21)20-10-7-15-4-2-3-5-16(15)18/h2-5,13-14H,6-12H2,1H3,(H2,19,20,21)/t13-,14-/m0/s1. The predicted molar refractivity (Wildman–Crippen MR) is 84.3 cm³/mol. The molecular formula is C17H25FN2O2. The summed E-state index contributed by atoms with van der Waals surface area (Å²) >= 11 is 0. The van der Waals surface area contributed by atoms with Gasteiger partial charge in [-0.05, 0) is 50.2 Å². The third-order valence-corrected chi connectivity index (χ3v) is 4.07. The van der Waals surface area contributed by atoms with Crippen molar-refractivity contribution < 1.29 is 13.9 Å². The van der Waals surface area contributed by atoms with Crippen LogP contribution in [0.4, 0.5) is 9.18 Å². The molecule has 122 valence electrons. The molecule has 0 spiro atoms. The van der Waals surface area contributed by atoms with Crippen molar-refractivity contribution >= 4 is 6.03 Å². The average Bonchev–Trinajstić information content (AvgIpc) is 2.49. The van der Waals surface area contributed by atoms with Gasteiger partial charge in [0, 0.05) is 19.7 Å². The van der Waals surface area contributed by atoms with E-state index in [1.54, 1.807) is 18.2 Å². The van der Waals surface area contributed by atoms with Crippen LogP contribution in [0.1, 0.15) is 31.7 Å². The molecule has 1 aliphatic heterocycles. The van der Waals surface area contributed by atoms with Crippen LogP contribution < -0.4 is 10.6 Å². The van der Waals surface area contributed by atoms with Gasteiger partial charge in [-0.25, -0.2) is 9.18 Å². The molecule has 5 heteroatoms. The lowest BCUT2D eigenvalue weighted by Gasteiger charge is -2.27. The maximum atomic E-state index is 13.4. The molecular weight excluding hydrogens is 283 g/mol. The molecule has 0 aromatic heterocycles. The third kappa shape index (κ3) is 5.64. The number of ether oxygens (including phenoxy) is 1. The van der Waals surface area contributed by atoms with E-state index in [1.165, 1.54) is 6.07 Å². The summed E-state index contributed by atoms with van der Waals surface area (Å²) in [4.78, 5) is 11.7. The molecule has 0 radical (unpaired) electrons. The van der Waals surface area contributed by atoms with Gasteiger partial charge >= 0.3 is 6.03 Å². The molecule has 0 unspecified atom stereocenters. The number of hydrogen-bond acceptors (Lipinski definition) is 2. The van der Waals surface area contributed by atoms with E-state index in [-0.39, 0.29) is 11.8 Å². The molecule has 22 heavy (non-hydrogen) atoms. The minimum absolute atomic E-state index is 0.184. The van der Waals surface area contributed by atoms with Gasteiger partial charge in [-0.15, -0.1) is 0 Å². The Morgan fingerprint density at radius 3 is 2.86 bits per heavy atom. The minimum Gasteiger partial charge on any atom is -0.378 e. The van der Waals surface area contributed by atoms with Crippen molar-refractivity contribution in [1.82, 2.24) is 10.6 Å². The van der Waals surface area contributed by atoms with Crippen LogP contribution in [0.25, 0.3) is 0 Å². The quantitative estimate of drug-likeness (QED) is 0.849. The topological polar surface area (TPSA) is 50.4 Å². The van der Waals surface area contributed by atoms with Crippen LogP contribution in [0.2, 0.25) is 0 Å². The first-order chi connectivity index (χ1) is 10.6. The highest BCUT2D eigenvalue weighted by atomic mass is 19.1. The van der Waals surface area contributed by atoms with E-state index in [0.29, 0.717) is 37.1 Å². The Kier molecular flexibility index (Phi) is 6.65. The van der Waals surface area contributed by atoms with E-state index in [4.69, 9.17) is 4.74 Å². The van der Waals surface area contributed by atoms with E-state index in [0.717, 1.165) is 25.9 Å². The van der Waals surface area contributed by atoms with Crippen molar-refractivity contribution in [2.75, 3.05) is 19.7 Å². The van der Waals surface area contributed by atoms with Gasteiger partial charge in [-0.2, -0.15) is 0 Å². The van der Waals surface area contributed by atoms with Crippen LogP contribution in [0, 0.1) is 11.7 Å². The van der Waals surface area contributed by atoms with Gasteiger partial charge in [0.2, 0.25) is 0 Å². The monoisotopic (exact) mass is 308 g/mol. The van der Waals surface area contributed by atoms with Crippen molar-refractivity contribution in [3.8, 4) is 0 Å². The molecule has 1 aromatic carbocycles. The van der Waals surface area contributed by atoms with E-state index < -0.39 is 0 Å². The summed E-state index contributed by atoms with van der Waals surface area (Å²) in [7, 11) is 0. The zero-order chi connectivity index (χ0) is 15.8. The molecule has 4 nitrogen and oxygen atoms in total. The number of carbonyl (C=O) groups excluding carboxylic acids is 1. The predicted octanol–water partition coefficient (Wildman–Crippen LogP) is 2.87. The SMILES string of the molecule is C[C@H]1C[C@@H](CCNC(=O)NCCc2ccccc2F)CCO1. The van der Waals surface area contributed by atoms with Gasteiger partial charge in [-0.3, -0.25) is 0 Å². The zero-order valence-corrected chi connectivity index (χ0v) is 13.1. The number of hydrogen-bond donors (Lipinski definition) is 2. The van der Waals surface area contributed by atoms with E-state index in [9.17, 15) is 9.18 Å². The second kappa shape index (κ2) is 8.73. The molecule has 0 aliphatic carbocycles. The number of urea groups is 1. The highest BCUT2D eigenvalue weighted by Gasteiger charge is 2.18. The normalized spacial score (nSPS) is 21.4. The second-order valence-corrected chi connectivity index (χ2v) is 5.88. The van der Waals surface area contributed by atoms with Crippen LogP contribution in [0.5, 0.6) is 0 Å². The van der Waals surface area contributed by atoms with Gasteiger partial charge in [0.05, 0.1) is 6.10 Å². The fourth-order valence-corrected chi connectivity index (χ4v) is 2.82. The van der Waals surface area contributed by atoms with Crippen LogP contribution >= 0.6 is 0 Å². The Hall–Kier alpha value is -1.62. The summed E-state index contributed by atoms with van der Waals surface area (Å²) in [6.45, 7) is 4.01. The molecule has 1 aliphatic rings. The van der Waals surface area contributed by atoms with Crippen LogP contribution in [0.15, 0.2) is 24.3 Å². The van der Waals surface area contributed by atoms with Gasteiger partial charge in [-0.1, -0.05) is 18.2 Å². The molecule has 1 saturated heterocycles. The summed E-state index contributed by atoms with van der Waals surface area (Å²) in [5, 5.41) is 5.62. The first kappa shape index (κ1) is 16.7. The number of halogens is 1. The Morgan fingerprint density at radius 2 is 2.09 bits per heavy atom. The number of amides is 2. The molecule has 0 bridgehead atoms. The lowest BCUT2D eigenvalue weighted by molar-refractivity contribution is 0.00117. The Labute approximate surface area is 131 Å². The fourth-order valence-electron chi connectivity index (χ4n) is 2.82. The number of carbonyl (C=O) groups is 1.